The normalized spacial score (nSPS) is 21.5. The van der Waals surface area contributed by atoms with Gasteiger partial charge in [-0.05, 0) is 44.4 Å². The largest absolute Gasteiger partial charge is 0.381 e. The average molecular weight is 377 g/mol. The van der Waals surface area contributed by atoms with E-state index in [1.807, 2.05) is 13.8 Å². The molecular weight excluding hydrogens is 349 g/mol. The smallest absolute Gasteiger partial charge is 0.317 e. The van der Waals surface area contributed by atoms with E-state index >= 15 is 0 Å². The third-order valence-corrected chi connectivity index (χ3v) is 5.50. The Morgan fingerprint density at radius 1 is 1.33 bits per heavy atom. The molecule has 0 saturated carbocycles. The highest BCUT2D eigenvalue weighted by atomic mass is 19.1. The van der Waals surface area contributed by atoms with Crippen molar-refractivity contribution < 1.29 is 18.7 Å². The molecule has 0 aliphatic carbocycles. The summed E-state index contributed by atoms with van der Waals surface area (Å²) in [5.41, 5.74) is 0.477. The summed E-state index contributed by atoms with van der Waals surface area (Å²) < 4.78 is 18.8. The van der Waals surface area contributed by atoms with Crippen molar-refractivity contribution in [2.45, 2.75) is 39.3 Å². The van der Waals surface area contributed by atoms with E-state index in [1.54, 1.807) is 17.0 Å². The SMILES string of the molecule is CC(C)NC(=O)C1CN(C(=O)NCc2cccc(F)c2)CC12CCOCC2. The van der Waals surface area contributed by atoms with Gasteiger partial charge in [-0.1, -0.05) is 12.1 Å². The first kappa shape index (κ1) is 19.6. The highest BCUT2D eigenvalue weighted by Crippen LogP contribution is 2.44. The first-order chi connectivity index (χ1) is 12.9. The number of ether oxygens (including phenoxy) is 1. The molecule has 2 N–H and O–H groups in total. The van der Waals surface area contributed by atoms with Crippen LogP contribution >= 0.6 is 0 Å². The Hall–Kier alpha value is -2.15. The molecule has 3 amide bonds. The first-order valence-electron chi connectivity index (χ1n) is 9.55. The van der Waals surface area contributed by atoms with Crippen LogP contribution in [0.5, 0.6) is 0 Å². The van der Waals surface area contributed by atoms with Crippen molar-refractivity contribution in [2.75, 3.05) is 26.3 Å². The lowest BCUT2D eigenvalue weighted by Crippen LogP contribution is -2.46. The highest BCUT2D eigenvalue weighted by molar-refractivity contribution is 5.83. The van der Waals surface area contributed by atoms with Gasteiger partial charge in [-0.15, -0.1) is 0 Å². The fourth-order valence-electron chi connectivity index (χ4n) is 4.09. The minimum absolute atomic E-state index is 0.00679. The minimum Gasteiger partial charge on any atom is -0.381 e. The Morgan fingerprint density at radius 2 is 2.07 bits per heavy atom. The summed E-state index contributed by atoms with van der Waals surface area (Å²) in [6.45, 7) is 6.30. The molecule has 1 unspecified atom stereocenters. The minimum atomic E-state index is -0.325. The van der Waals surface area contributed by atoms with Crippen molar-refractivity contribution >= 4 is 11.9 Å². The number of nitrogens with one attached hydrogen (secondary N) is 2. The molecule has 1 aromatic carbocycles. The van der Waals surface area contributed by atoms with Crippen LogP contribution in [0.2, 0.25) is 0 Å². The van der Waals surface area contributed by atoms with E-state index in [0.29, 0.717) is 31.9 Å². The molecule has 27 heavy (non-hydrogen) atoms. The molecule has 2 aliphatic heterocycles. The molecule has 2 saturated heterocycles. The predicted molar refractivity (Wildman–Crippen MR) is 99.5 cm³/mol. The lowest BCUT2D eigenvalue weighted by molar-refractivity contribution is -0.130. The fraction of sp³-hybridized carbons (Fsp3) is 0.600. The second-order valence-corrected chi connectivity index (χ2v) is 7.86. The van der Waals surface area contributed by atoms with Crippen molar-refractivity contribution in [3.8, 4) is 0 Å². The number of carbonyl (C=O) groups excluding carboxylic acids is 2. The van der Waals surface area contributed by atoms with Gasteiger partial charge in [-0.3, -0.25) is 4.79 Å². The Labute approximate surface area is 159 Å². The van der Waals surface area contributed by atoms with Crippen LogP contribution in [-0.2, 0) is 16.1 Å². The van der Waals surface area contributed by atoms with Gasteiger partial charge in [0.15, 0.2) is 0 Å². The van der Waals surface area contributed by atoms with E-state index < -0.39 is 0 Å². The Bertz CT molecular complexity index is 689. The Balaban J connectivity index is 1.67. The zero-order valence-electron chi connectivity index (χ0n) is 16.0. The number of rotatable bonds is 4. The van der Waals surface area contributed by atoms with Crippen LogP contribution in [0.15, 0.2) is 24.3 Å². The molecule has 2 fully saturated rings. The highest BCUT2D eigenvalue weighted by Gasteiger charge is 2.51. The van der Waals surface area contributed by atoms with Gasteiger partial charge < -0.3 is 20.3 Å². The van der Waals surface area contributed by atoms with Crippen LogP contribution in [-0.4, -0.2) is 49.2 Å². The molecule has 1 spiro atoms. The molecule has 1 aromatic rings. The van der Waals surface area contributed by atoms with Crippen molar-refractivity contribution in [1.82, 2.24) is 15.5 Å². The number of benzene rings is 1. The molecular formula is C20H28FN3O3. The Kier molecular flexibility index (Phi) is 5.99. The van der Waals surface area contributed by atoms with Gasteiger partial charge >= 0.3 is 6.03 Å². The summed E-state index contributed by atoms with van der Waals surface area (Å²) in [6.07, 6.45) is 1.55. The maximum absolute atomic E-state index is 13.3. The van der Waals surface area contributed by atoms with E-state index in [-0.39, 0.29) is 41.7 Å². The molecule has 2 aliphatic rings. The second-order valence-electron chi connectivity index (χ2n) is 7.86. The van der Waals surface area contributed by atoms with Gasteiger partial charge in [0.05, 0.1) is 5.92 Å². The molecule has 6 nitrogen and oxygen atoms in total. The summed E-state index contributed by atoms with van der Waals surface area (Å²) >= 11 is 0. The van der Waals surface area contributed by atoms with Gasteiger partial charge in [-0.25, -0.2) is 9.18 Å². The van der Waals surface area contributed by atoms with E-state index in [9.17, 15) is 14.0 Å². The zero-order chi connectivity index (χ0) is 19.4. The van der Waals surface area contributed by atoms with Gasteiger partial charge in [0.2, 0.25) is 5.91 Å². The third kappa shape index (κ3) is 4.58. The summed E-state index contributed by atoms with van der Waals surface area (Å²) in [7, 11) is 0. The number of hydrogen-bond acceptors (Lipinski definition) is 3. The van der Waals surface area contributed by atoms with Crippen LogP contribution in [0.4, 0.5) is 9.18 Å². The summed E-state index contributed by atoms with van der Waals surface area (Å²) in [5.74, 6) is -0.550. The van der Waals surface area contributed by atoms with Crippen LogP contribution in [0.3, 0.4) is 0 Å². The third-order valence-electron chi connectivity index (χ3n) is 5.50. The number of amides is 3. The van der Waals surface area contributed by atoms with Crippen LogP contribution in [0.25, 0.3) is 0 Å². The van der Waals surface area contributed by atoms with Gasteiger partial charge in [0.25, 0.3) is 0 Å². The van der Waals surface area contributed by atoms with Gasteiger partial charge in [-0.2, -0.15) is 0 Å². The summed E-state index contributed by atoms with van der Waals surface area (Å²) in [4.78, 5) is 27.2. The lowest BCUT2D eigenvalue weighted by atomic mass is 9.71. The number of nitrogens with zero attached hydrogens (tertiary/aromatic N) is 1. The summed E-state index contributed by atoms with van der Waals surface area (Å²) in [5, 5.41) is 5.85. The van der Waals surface area contributed by atoms with Crippen molar-refractivity contribution in [3.05, 3.63) is 35.6 Å². The van der Waals surface area contributed by atoms with E-state index in [0.717, 1.165) is 12.8 Å². The maximum atomic E-state index is 13.3. The standard InChI is InChI=1S/C20H28FN3O3/c1-14(2)23-18(25)17-12-24(13-20(17)6-8-27-9-7-20)19(26)22-11-15-4-3-5-16(21)10-15/h3-5,10,14,17H,6-9,11-13H2,1-2H3,(H,22,26)(H,23,25). The molecule has 1 atom stereocenters. The molecule has 0 bridgehead atoms. The maximum Gasteiger partial charge on any atom is 0.317 e. The van der Waals surface area contributed by atoms with Crippen molar-refractivity contribution in [2.24, 2.45) is 11.3 Å². The zero-order valence-corrected chi connectivity index (χ0v) is 16.0. The summed E-state index contributed by atoms with van der Waals surface area (Å²) in [6, 6.07) is 6.01. The van der Waals surface area contributed by atoms with Gasteiger partial charge in [0.1, 0.15) is 5.82 Å². The van der Waals surface area contributed by atoms with E-state index in [4.69, 9.17) is 4.74 Å². The number of halogens is 1. The molecule has 3 rings (SSSR count). The van der Waals surface area contributed by atoms with Gasteiger partial charge in [0, 0.05) is 44.3 Å². The Morgan fingerprint density at radius 3 is 2.74 bits per heavy atom. The number of likely N-dealkylation sites (tertiary alicyclic amines) is 1. The fourth-order valence-corrected chi connectivity index (χ4v) is 4.09. The van der Waals surface area contributed by atoms with Crippen molar-refractivity contribution in [3.63, 3.8) is 0 Å². The molecule has 0 radical (unpaired) electrons. The number of hydrogen-bond donors (Lipinski definition) is 2. The average Bonchev–Trinajstić information content (AvgIpc) is 2.99. The monoisotopic (exact) mass is 377 g/mol. The lowest BCUT2D eigenvalue weighted by Gasteiger charge is -2.37. The van der Waals surface area contributed by atoms with Crippen molar-refractivity contribution in [1.29, 1.82) is 0 Å². The number of urea groups is 1. The molecule has 7 heteroatoms. The first-order valence-corrected chi connectivity index (χ1v) is 9.55. The molecule has 0 aromatic heterocycles. The van der Waals surface area contributed by atoms with Crippen LogP contribution in [0.1, 0.15) is 32.3 Å². The van der Waals surface area contributed by atoms with E-state index in [1.165, 1.54) is 12.1 Å². The topological polar surface area (TPSA) is 70.7 Å². The second kappa shape index (κ2) is 8.25. The van der Waals surface area contributed by atoms with E-state index in [2.05, 4.69) is 10.6 Å². The van der Waals surface area contributed by atoms with Crippen LogP contribution in [0, 0.1) is 17.2 Å². The van der Waals surface area contributed by atoms with Crippen LogP contribution < -0.4 is 10.6 Å². The predicted octanol–water partition coefficient (Wildman–Crippen LogP) is 2.29. The number of carbonyl (C=O) groups is 2. The quantitative estimate of drug-likeness (QED) is 0.846. The molecule has 2 heterocycles. The molecule has 148 valence electrons.